The number of hydrogen-bond donors (Lipinski definition) is 1. The number of halogens is 2. The minimum Gasteiger partial charge on any atom is -0.398 e. The van der Waals surface area contributed by atoms with E-state index in [1.165, 1.54) is 0 Å². The highest BCUT2D eigenvalue weighted by atomic mass is 79.9. The summed E-state index contributed by atoms with van der Waals surface area (Å²) in [6.45, 7) is 0. The molecule has 20 heavy (non-hydrogen) atoms. The first-order valence-corrected chi connectivity index (χ1v) is 7.96. The molecule has 3 rings (SSSR count). The highest BCUT2D eigenvalue weighted by Crippen LogP contribution is 2.35. The number of hydrogen-bond acceptors (Lipinski definition) is 3. The maximum Gasteiger partial charge on any atom is 0.126 e. The first kappa shape index (κ1) is 13.6. The normalized spacial score (nSPS) is 10.7. The molecule has 2 N–H and O–H groups in total. The number of anilines is 1. The lowest BCUT2D eigenvalue weighted by Crippen LogP contribution is -1.88. The Morgan fingerprint density at radius 1 is 1.10 bits per heavy atom. The van der Waals surface area contributed by atoms with E-state index in [0.717, 1.165) is 32.0 Å². The van der Waals surface area contributed by atoms with Crippen LogP contribution in [-0.2, 0) is 0 Å². The number of nitrogen functional groups attached to an aromatic ring is 1. The summed E-state index contributed by atoms with van der Waals surface area (Å²) < 4.78 is 0.953. The van der Waals surface area contributed by atoms with Gasteiger partial charge in [-0.2, -0.15) is 0 Å². The zero-order chi connectivity index (χ0) is 14.1. The molecule has 0 saturated carbocycles. The van der Waals surface area contributed by atoms with Crippen molar-refractivity contribution in [2.75, 3.05) is 5.73 Å². The Bertz CT molecular complexity index is 770. The Labute approximate surface area is 134 Å². The van der Waals surface area contributed by atoms with Crippen LogP contribution in [0.15, 0.2) is 52.3 Å². The molecule has 0 fully saturated rings. The zero-order valence-corrected chi connectivity index (χ0v) is 13.5. The number of nitrogens with zero attached hydrogens (tertiary/aromatic N) is 1. The predicted molar refractivity (Wildman–Crippen MR) is 90.1 cm³/mol. The standard InChI is InChI=1S/C15H10BrClN2S/c16-9-5-6-10(12(17)7-9)14-8-20-15(19-14)11-3-1-2-4-13(11)18/h1-8H,18H2. The third kappa shape index (κ3) is 2.59. The van der Waals surface area contributed by atoms with Gasteiger partial charge in [-0.15, -0.1) is 11.3 Å². The van der Waals surface area contributed by atoms with E-state index in [1.54, 1.807) is 11.3 Å². The van der Waals surface area contributed by atoms with Gasteiger partial charge < -0.3 is 5.73 Å². The molecular formula is C15H10BrClN2S. The van der Waals surface area contributed by atoms with Crippen LogP contribution in [0.1, 0.15) is 0 Å². The van der Waals surface area contributed by atoms with Crippen LogP contribution in [0, 0.1) is 0 Å². The molecular weight excluding hydrogens is 356 g/mol. The number of benzene rings is 2. The average molecular weight is 366 g/mol. The first-order chi connectivity index (χ1) is 9.65. The van der Waals surface area contributed by atoms with Gasteiger partial charge in [-0.3, -0.25) is 0 Å². The molecule has 0 aliphatic carbocycles. The third-order valence-corrected chi connectivity index (χ3v) is 4.58. The summed E-state index contributed by atoms with van der Waals surface area (Å²) >= 11 is 11.2. The van der Waals surface area contributed by atoms with Crippen LogP contribution < -0.4 is 5.73 Å². The molecule has 1 aromatic heterocycles. The van der Waals surface area contributed by atoms with E-state index in [9.17, 15) is 0 Å². The van der Waals surface area contributed by atoms with Crippen molar-refractivity contribution >= 4 is 44.6 Å². The summed E-state index contributed by atoms with van der Waals surface area (Å²) in [7, 11) is 0. The van der Waals surface area contributed by atoms with Gasteiger partial charge in [0.05, 0.1) is 10.7 Å². The zero-order valence-electron chi connectivity index (χ0n) is 10.3. The molecule has 5 heteroatoms. The van der Waals surface area contributed by atoms with Gasteiger partial charge in [0.2, 0.25) is 0 Å². The van der Waals surface area contributed by atoms with Crippen molar-refractivity contribution in [2.45, 2.75) is 0 Å². The molecule has 0 atom stereocenters. The molecule has 0 bridgehead atoms. The topological polar surface area (TPSA) is 38.9 Å². The number of aromatic nitrogens is 1. The average Bonchev–Trinajstić information content (AvgIpc) is 2.88. The predicted octanol–water partition coefficient (Wildman–Crippen LogP) is 5.48. The van der Waals surface area contributed by atoms with Gasteiger partial charge in [0.1, 0.15) is 5.01 Å². The molecule has 0 spiro atoms. The number of para-hydroxylation sites is 1. The van der Waals surface area contributed by atoms with Crippen molar-refractivity contribution in [1.82, 2.24) is 4.98 Å². The molecule has 2 aromatic carbocycles. The summed E-state index contributed by atoms with van der Waals surface area (Å²) in [5, 5.41) is 3.58. The van der Waals surface area contributed by atoms with E-state index >= 15 is 0 Å². The van der Waals surface area contributed by atoms with Gasteiger partial charge in [-0.1, -0.05) is 45.7 Å². The van der Waals surface area contributed by atoms with Crippen molar-refractivity contribution in [3.05, 3.63) is 57.3 Å². The van der Waals surface area contributed by atoms with Crippen molar-refractivity contribution in [2.24, 2.45) is 0 Å². The molecule has 100 valence electrons. The summed E-state index contributed by atoms with van der Waals surface area (Å²) in [5.41, 5.74) is 9.46. The van der Waals surface area contributed by atoms with Crippen LogP contribution in [0.5, 0.6) is 0 Å². The van der Waals surface area contributed by atoms with Crippen molar-refractivity contribution < 1.29 is 0 Å². The minimum atomic E-state index is 0.678. The summed E-state index contributed by atoms with van der Waals surface area (Å²) in [6.07, 6.45) is 0. The fourth-order valence-electron chi connectivity index (χ4n) is 1.91. The maximum absolute atomic E-state index is 6.26. The van der Waals surface area contributed by atoms with Gasteiger partial charge in [-0.05, 0) is 24.3 Å². The number of nitrogens with two attached hydrogens (primary N) is 1. The molecule has 0 aliphatic heterocycles. The third-order valence-electron chi connectivity index (χ3n) is 2.90. The second-order valence-electron chi connectivity index (χ2n) is 4.25. The van der Waals surface area contributed by atoms with Crippen molar-refractivity contribution in [3.63, 3.8) is 0 Å². The van der Waals surface area contributed by atoms with Gasteiger partial charge >= 0.3 is 0 Å². The van der Waals surface area contributed by atoms with Crippen LogP contribution in [0.25, 0.3) is 21.8 Å². The van der Waals surface area contributed by atoms with E-state index < -0.39 is 0 Å². The summed E-state index contributed by atoms with van der Waals surface area (Å²) in [6, 6.07) is 13.5. The van der Waals surface area contributed by atoms with Gasteiger partial charge in [0.25, 0.3) is 0 Å². The molecule has 1 heterocycles. The first-order valence-electron chi connectivity index (χ1n) is 5.91. The summed E-state index contributed by atoms with van der Waals surface area (Å²) in [5.74, 6) is 0. The minimum absolute atomic E-state index is 0.678. The van der Waals surface area contributed by atoms with E-state index in [4.69, 9.17) is 17.3 Å². The van der Waals surface area contributed by atoms with Crippen LogP contribution in [-0.4, -0.2) is 4.98 Å². The van der Waals surface area contributed by atoms with E-state index in [2.05, 4.69) is 20.9 Å². The molecule has 0 amide bonds. The SMILES string of the molecule is Nc1ccccc1-c1nc(-c2ccc(Br)cc2Cl)cs1. The smallest absolute Gasteiger partial charge is 0.126 e. The highest BCUT2D eigenvalue weighted by Gasteiger charge is 2.11. The fourth-order valence-corrected chi connectivity index (χ4v) is 3.55. The molecule has 0 saturated heterocycles. The summed E-state index contributed by atoms with van der Waals surface area (Å²) in [4.78, 5) is 4.64. The largest absolute Gasteiger partial charge is 0.398 e. The van der Waals surface area contributed by atoms with E-state index in [-0.39, 0.29) is 0 Å². The fraction of sp³-hybridized carbons (Fsp3) is 0. The van der Waals surface area contributed by atoms with Crippen LogP contribution in [0.4, 0.5) is 5.69 Å². The van der Waals surface area contributed by atoms with Crippen molar-refractivity contribution in [1.29, 1.82) is 0 Å². The van der Waals surface area contributed by atoms with Crippen molar-refractivity contribution in [3.8, 4) is 21.8 Å². The lowest BCUT2D eigenvalue weighted by atomic mass is 10.1. The Morgan fingerprint density at radius 2 is 1.90 bits per heavy atom. The molecule has 2 nitrogen and oxygen atoms in total. The molecule has 0 unspecified atom stereocenters. The number of thiazole rings is 1. The number of rotatable bonds is 2. The lowest BCUT2D eigenvalue weighted by Gasteiger charge is -2.02. The van der Waals surface area contributed by atoms with E-state index in [1.807, 2.05) is 47.8 Å². The maximum atomic E-state index is 6.26. The van der Waals surface area contributed by atoms with Crippen LogP contribution in [0.3, 0.4) is 0 Å². The molecule has 0 radical (unpaired) electrons. The highest BCUT2D eigenvalue weighted by molar-refractivity contribution is 9.10. The molecule has 3 aromatic rings. The van der Waals surface area contributed by atoms with Crippen LogP contribution in [0.2, 0.25) is 5.02 Å². The lowest BCUT2D eigenvalue weighted by molar-refractivity contribution is 1.40. The van der Waals surface area contributed by atoms with Gasteiger partial charge in [-0.25, -0.2) is 4.98 Å². The monoisotopic (exact) mass is 364 g/mol. The van der Waals surface area contributed by atoms with E-state index in [0.29, 0.717) is 5.02 Å². The van der Waals surface area contributed by atoms with Gasteiger partial charge in [0.15, 0.2) is 0 Å². The van der Waals surface area contributed by atoms with Gasteiger partial charge in [0, 0.05) is 26.7 Å². The Balaban J connectivity index is 2.04. The van der Waals surface area contributed by atoms with Crippen LogP contribution >= 0.6 is 38.9 Å². The Hall–Kier alpha value is -1.36. The second kappa shape index (κ2) is 5.56. The Morgan fingerprint density at radius 3 is 2.65 bits per heavy atom. The second-order valence-corrected chi connectivity index (χ2v) is 6.43. The quantitative estimate of drug-likeness (QED) is 0.611. The Kier molecular flexibility index (Phi) is 3.78. The molecule has 0 aliphatic rings.